The highest BCUT2D eigenvalue weighted by atomic mass is 32.2. The lowest BCUT2D eigenvalue weighted by Gasteiger charge is -2.38. The zero-order valence-corrected chi connectivity index (χ0v) is 15.4. The zero-order valence-electron chi connectivity index (χ0n) is 14.6. The Labute approximate surface area is 154 Å². The molecule has 3 aromatic rings. The van der Waals surface area contributed by atoms with Gasteiger partial charge < -0.3 is 4.74 Å². The molecule has 0 spiro atoms. The van der Waals surface area contributed by atoms with Crippen molar-refractivity contribution in [3.63, 3.8) is 0 Å². The molecule has 0 aliphatic carbocycles. The molecule has 0 saturated heterocycles. The molecule has 1 aliphatic rings. The minimum absolute atomic E-state index is 0.397. The van der Waals surface area contributed by atoms with Crippen molar-refractivity contribution in [2.75, 3.05) is 7.11 Å². The van der Waals surface area contributed by atoms with Gasteiger partial charge in [-0.2, -0.15) is 0 Å². The van der Waals surface area contributed by atoms with E-state index in [1.165, 1.54) is 21.6 Å². The summed E-state index contributed by atoms with van der Waals surface area (Å²) in [7, 11) is 1.72. The van der Waals surface area contributed by atoms with E-state index in [0.717, 1.165) is 5.75 Å². The Balaban J connectivity index is 1.80. The van der Waals surface area contributed by atoms with Crippen LogP contribution in [0.2, 0.25) is 0 Å². The molecule has 0 fully saturated rings. The molecule has 1 nitrogen and oxygen atoms in total. The highest BCUT2D eigenvalue weighted by molar-refractivity contribution is 7.99. The maximum Gasteiger partial charge on any atom is 0.118 e. The van der Waals surface area contributed by atoms with Crippen molar-refractivity contribution in [3.8, 4) is 5.75 Å². The third-order valence-electron chi connectivity index (χ3n) is 5.11. The molecular weight excluding hydrogens is 324 g/mol. The lowest BCUT2D eigenvalue weighted by molar-refractivity contribution is 0.414. The second kappa shape index (κ2) is 6.97. The quantitative estimate of drug-likeness (QED) is 0.549. The normalized spacial score (nSPS) is 22.2. The lowest BCUT2D eigenvalue weighted by atomic mass is 9.78. The van der Waals surface area contributed by atoms with E-state index in [2.05, 4.69) is 85.8 Å². The maximum atomic E-state index is 5.34. The van der Waals surface area contributed by atoms with Crippen LogP contribution in [-0.2, 0) is 0 Å². The first kappa shape index (κ1) is 16.3. The molecule has 25 heavy (non-hydrogen) atoms. The Bertz CT molecular complexity index is 841. The largest absolute Gasteiger partial charge is 0.497 e. The van der Waals surface area contributed by atoms with Crippen molar-refractivity contribution >= 4 is 11.8 Å². The predicted molar refractivity (Wildman–Crippen MR) is 105 cm³/mol. The summed E-state index contributed by atoms with van der Waals surface area (Å²) in [5, 5.41) is 0.461. The molecule has 4 rings (SSSR count). The van der Waals surface area contributed by atoms with Crippen molar-refractivity contribution in [2.45, 2.75) is 23.0 Å². The maximum absolute atomic E-state index is 5.34. The number of benzene rings is 3. The highest BCUT2D eigenvalue weighted by Crippen LogP contribution is 2.54. The van der Waals surface area contributed by atoms with E-state index >= 15 is 0 Å². The van der Waals surface area contributed by atoms with Crippen molar-refractivity contribution < 1.29 is 4.74 Å². The number of thioether (sulfide) groups is 1. The number of fused-ring (bicyclic) bond motifs is 1. The number of hydrogen-bond donors (Lipinski definition) is 0. The van der Waals surface area contributed by atoms with Gasteiger partial charge in [-0.15, -0.1) is 11.8 Å². The fourth-order valence-corrected chi connectivity index (χ4v) is 5.28. The Hall–Kier alpha value is -2.19. The van der Waals surface area contributed by atoms with Gasteiger partial charge in [-0.25, -0.2) is 0 Å². The van der Waals surface area contributed by atoms with E-state index in [1.54, 1.807) is 7.11 Å². The minimum Gasteiger partial charge on any atom is -0.497 e. The summed E-state index contributed by atoms with van der Waals surface area (Å²) < 4.78 is 5.34. The number of rotatable bonds is 3. The molecule has 0 bridgehead atoms. The van der Waals surface area contributed by atoms with Gasteiger partial charge in [0, 0.05) is 16.1 Å². The lowest BCUT2D eigenvalue weighted by Crippen LogP contribution is -2.22. The van der Waals surface area contributed by atoms with Gasteiger partial charge in [0.2, 0.25) is 0 Å². The molecule has 3 atom stereocenters. The highest BCUT2D eigenvalue weighted by Gasteiger charge is 2.36. The van der Waals surface area contributed by atoms with Crippen LogP contribution in [0.15, 0.2) is 83.8 Å². The standard InChI is InChI=1S/C23H22OS/c1-16-22(17-12-14-19(24-2)15-13-17)20-10-6-7-11-21(20)25-23(16)18-8-4-3-5-9-18/h3-16,22-23H,1-2H3/t16-,22+,23-/m0/s1. The van der Waals surface area contributed by atoms with E-state index in [9.17, 15) is 0 Å². The van der Waals surface area contributed by atoms with Crippen molar-refractivity contribution in [2.24, 2.45) is 5.92 Å². The van der Waals surface area contributed by atoms with Crippen LogP contribution in [-0.4, -0.2) is 7.11 Å². The monoisotopic (exact) mass is 346 g/mol. The van der Waals surface area contributed by atoms with Crippen LogP contribution in [0.5, 0.6) is 5.75 Å². The molecule has 1 aliphatic heterocycles. The van der Waals surface area contributed by atoms with Crippen LogP contribution in [0.25, 0.3) is 0 Å². The van der Waals surface area contributed by atoms with Crippen molar-refractivity contribution in [1.29, 1.82) is 0 Å². The van der Waals surface area contributed by atoms with Crippen LogP contribution in [0.1, 0.15) is 34.8 Å². The van der Waals surface area contributed by atoms with Crippen LogP contribution in [0.3, 0.4) is 0 Å². The molecule has 1 heterocycles. The summed E-state index contributed by atoms with van der Waals surface area (Å²) in [6, 6.07) is 28.3. The average molecular weight is 346 g/mol. The second-order valence-electron chi connectivity index (χ2n) is 6.60. The summed E-state index contributed by atoms with van der Waals surface area (Å²) >= 11 is 2.00. The molecule has 3 aromatic carbocycles. The third-order valence-corrected chi connectivity index (χ3v) is 6.70. The molecule has 0 saturated carbocycles. The molecule has 0 amide bonds. The fourth-order valence-electron chi connectivity index (χ4n) is 3.86. The van der Waals surface area contributed by atoms with E-state index in [4.69, 9.17) is 4.74 Å². The van der Waals surface area contributed by atoms with E-state index in [1.807, 2.05) is 11.8 Å². The van der Waals surface area contributed by atoms with Gasteiger partial charge in [0.15, 0.2) is 0 Å². The first-order valence-electron chi connectivity index (χ1n) is 8.72. The minimum atomic E-state index is 0.397. The van der Waals surface area contributed by atoms with Crippen LogP contribution in [0, 0.1) is 5.92 Å². The van der Waals surface area contributed by atoms with Crippen LogP contribution in [0.4, 0.5) is 0 Å². The smallest absolute Gasteiger partial charge is 0.118 e. The Morgan fingerprint density at radius 3 is 2.16 bits per heavy atom. The summed E-state index contributed by atoms with van der Waals surface area (Å²) in [5.74, 6) is 1.82. The van der Waals surface area contributed by atoms with Gasteiger partial charge in [-0.3, -0.25) is 0 Å². The molecule has 126 valence electrons. The van der Waals surface area contributed by atoms with Gasteiger partial charge in [-0.1, -0.05) is 67.6 Å². The Kier molecular flexibility index (Phi) is 4.54. The molecule has 2 heteroatoms. The predicted octanol–water partition coefficient (Wildman–Crippen LogP) is 6.31. The number of methoxy groups -OCH3 is 1. The summed E-state index contributed by atoms with van der Waals surface area (Å²) in [6.45, 7) is 2.38. The van der Waals surface area contributed by atoms with Gasteiger partial charge in [0.25, 0.3) is 0 Å². The van der Waals surface area contributed by atoms with Crippen LogP contribution < -0.4 is 4.74 Å². The fraction of sp³-hybridized carbons (Fsp3) is 0.217. The summed E-state index contributed by atoms with van der Waals surface area (Å²) in [5.41, 5.74) is 4.22. The zero-order chi connectivity index (χ0) is 17.2. The van der Waals surface area contributed by atoms with Gasteiger partial charge >= 0.3 is 0 Å². The summed E-state index contributed by atoms with van der Waals surface area (Å²) in [6.07, 6.45) is 0. The van der Waals surface area contributed by atoms with E-state index in [0.29, 0.717) is 17.1 Å². The first-order valence-corrected chi connectivity index (χ1v) is 9.60. The summed E-state index contributed by atoms with van der Waals surface area (Å²) in [4.78, 5) is 1.40. The van der Waals surface area contributed by atoms with Crippen molar-refractivity contribution in [3.05, 3.63) is 95.6 Å². The number of ether oxygens (including phenoxy) is 1. The van der Waals surface area contributed by atoms with Gasteiger partial charge in [0.05, 0.1) is 7.11 Å². The molecular formula is C23H22OS. The molecule has 0 unspecified atom stereocenters. The Morgan fingerprint density at radius 1 is 0.760 bits per heavy atom. The van der Waals surface area contributed by atoms with E-state index < -0.39 is 0 Å². The van der Waals surface area contributed by atoms with E-state index in [-0.39, 0.29) is 0 Å². The first-order chi connectivity index (χ1) is 12.3. The molecule has 0 N–H and O–H groups in total. The molecule has 0 radical (unpaired) electrons. The van der Waals surface area contributed by atoms with Gasteiger partial charge in [0.1, 0.15) is 5.75 Å². The second-order valence-corrected chi connectivity index (χ2v) is 7.78. The molecule has 0 aromatic heterocycles. The SMILES string of the molecule is COc1ccc([C@@H]2c3ccccc3S[C@H](c3ccccc3)[C@H]2C)cc1. The Morgan fingerprint density at radius 2 is 1.44 bits per heavy atom. The van der Waals surface area contributed by atoms with Crippen molar-refractivity contribution in [1.82, 2.24) is 0 Å². The van der Waals surface area contributed by atoms with Crippen LogP contribution >= 0.6 is 11.8 Å². The topological polar surface area (TPSA) is 9.23 Å². The number of hydrogen-bond acceptors (Lipinski definition) is 2. The average Bonchev–Trinajstić information content (AvgIpc) is 2.68. The van der Waals surface area contributed by atoms with Gasteiger partial charge in [-0.05, 0) is 40.8 Å². The third kappa shape index (κ3) is 3.07.